The number of nitrogens with one attached hydrogen (secondary N) is 7. The number of fused-ring (bicyclic) bond motifs is 1. The minimum absolute atomic E-state index is 0.0335. The first-order valence-corrected chi connectivity index (χ1v) is 19.2. The third-order valence-electron chi connectivity index (χ3n) is 9.98. The lowest BCUT2D eigenvalue weighted by molar-refractivity contribution is -0.142. The molecule has 18 heteroatoms. The number of imidazole rings is 1. The number of aromatic nitrogens is 3. The number of amides is 5. The lowest BCUT2D eigenvalue weighted by Crippen LogP contribution is -2.61. The number of nitrogens with zero attached hydrogens (tertiary/aromatic N) is 1. The molecule has 2 aromatic heterocycles. The molecule has 3 rings (SSSR count). The Balaban J connectivity index is 1.78. The van der Waals surface area contributed by atoms with Crippen LogP contribution in [0, 0.1) is 17.8 Å². The number of aromatic amines is 2. The van der Waals surface area contributed by atoms with Crippen molar-refractivity contribution in [2.24, 2.45) is 23.5 Å². The van der Waals surface area contributed by atoms with Crippen molar-refractivity contribution in [2.75, 3.05) is 0 Å². The number of nitrogens with two attached hydrogens (primary N) is 1. The number of carboxylic acids is 2. The molecule has 3 aromatic rings. The van der Waals surface area contributed by atoms with Crippen LogP contribution in [0.15, 0.2) is 43.0 Å². The fourth-order valence-corrected chi connectivity index (χ4v) is 6.25. The minimum Gasteiger partial charge on any atom is -0.481 e. The van der Waals surface area contributed by atoms with Gasteiger partial charge in [-0.25, -0.2) is 9.78 Å². The monoisotopic (exact) mass is 795 g/mol. The summed E-state index contributed by atoms with van der Waals surface area (Å²) in [6, 6.07) is -0.367. The average molecular weight is 796 g/mol. The highest BCUT2D eigenvalue weighted by Crippen LogP contribution is 2.20. The molecule has 11 N–H and O–H groups in total. The van der Waals surface area contributed by atoms with Crippen LogP contribution in [0.3, 0.4) is 0 Å². The van der Waals surface area contributed by atoms with Crippen LogP contribution in [0.5, 0.6) is 0 Å². The van der Waals surface area contributed by atoms with Gasteiger partial charge in [-0.2, -0.15) is 0 Å². The van der Waals surface area contributed by atoms with E-state index in [1.165, 1.54) is 12.5 Å². The van der Waals surface area contributed by atoms with Gasteiger partial charge in [0.15, 0.2) is 0 Å². The fourth-order valence-electron chi connectivity index (χ4n) is 6.25. The Labute approximate surface area is 331 Å². The molecule has 1 aromatic carbocycles. The van der Waals surface area contributed by atoms with E-state index in [-0.39, 0.29) is 25.2 Å². The van der Waals surface area contributed by atoms with Gasteiger partial charge in [0.25, 0.3) is 0 Å². The fraction of sp³-hybridized carbons (Fsp3) is 0.538. The smallest absolute Gasteiger partial charge is 0.326 e. The van der Waals surface area contributed by atoms with E-state index >= 15 is 0 Å². The van der Waals surface area contributed by atoms with Gasteiger partial charge in [0.1, 0.15) is 30.2 Å². The van der Waals surface area contributed by atoms with Gasteiger partial charge in [0.2, 0.25) is 29.5 Å². The zero-order valence-corrected chi connectivity index (χ0v) is 33.3. The van der Waals surface area contributed by atoms with Crippen LogP contribution >= 0.6 is 0 Å². The number of rotatable bonds is 23. The van der Waals surface area contributed by atoms with Crippen molar-refractivity contribution >= 4 is 52.4 Å². The molecule has 2 heterocycles. The number of hydrogen-bond acceptors (Lipinski definition) is 9. The number of carbonyl (C=O) groups is 7. The van der Waals surface area contributed by atoms with Crippen LogP contribution in [0.2, 0.25) is 0 Å². The summed E-state index contributed by atoms with van der Waals surface area (Å²) in [7, 11) is 0. The Morgan fingerprint density at radius 1 is 0.719 bits per heavy atom. The molecule has 0 aliphatic heterocycles. The first-order valence-electron chi connectivity index (χ1n) is 19.2. The van der Waals surface area contributed by atoms with E-state index in [2.05, 4.69) is 41.5 Å². The molecule has 0 aliphatic carbocycles. The third-order valence-corrected chi connectivity index (χ3v) is 9.98. The first-order chi connectivity index (χ1) is 26.9. The van der Waals surface area contributed by atoms with Crippen molar-refractivity contribution in [3.8, 4) is 0 Å². The van der Waals surface area contributed by atoms with E-state index < -0.39 is 96.0 Å². The summed E-state index contributed by atoms with van der Waals surface area (Å²) in [6.45, 7) is 10.6. The number of carbonyl (C=O) groups excluding carboxylic acids is 5. The van der Waals surface area contributed by atoms with Gasteiger partial charge in [-0.3, -0.25) is 28.8 Å². The molecule has 0 saturated carbocycles. The molecule has 0 saturated heterocycles. The Bertz CT molecular complexity index is 1840. The van der Waals surface area contributed by atoms with Crippen LogP contribution in [-0.2, 0) is 46.4 Å². The van der Waals surface area contributed by atoms with Gasteiger partial charge >= 0.3 is 11.9 Å². The van der Waals surface area contributed by atoms with Gasteiger partial charge in [-0.15, -0.1) is 0 Å². The maximum absolute atomic E-state index is 13.9. The number of aliphatic carboxylic acids is 2. The summed E-state index contributed by atoms with van der Waals surface area (Å²) in [5.41, 5.74) is 8.15. The Kier molecular flexibility index (Phi) is 17.2. The maximum atomic E-state index is 13.9. The molecule has 5 amide bonds. The second-order valence-corrected chi connectivity index (χ2v) is 14.9. The summed E-state index contributed by atoms with van der Waals surface area (Å²) in [6.07, 6.45) is 4.79. The van der Waals surface area contributed by atoms with Gasteiger partial charge in [-0.05, 0) is 35.8 Å². The highest BCUT2D eigenvalue weighted by Gasteiger charge is 2.36. The van der Waals surface area contributed by atoms with E-state index in [1.54, 1.807) is 33.9 Å². The molecular weight excluding hydrogens is 738 g/mol. The predicted molar refractivity (Wildman–Crippen MR) is 210 cm³/mol. The Morgan fingerprint density at radius 2 is 1.28 bits per heavy atom. The van der Waals surface area contributed by atoms with Gasteiger partial charge in [0, 0.05) is 41.8 Å². The molecule has 18 nitrogen and oxygen atoms in total. The molecule has 57 heavy (non-hydrogen) atoms. The second kappa shape index (κ2) is 21.5. The van der Waals surface area contributed by atoms with Crippen molar-refractivity contribution in [2.45, 2.75) is 116 Å². The first kappa shape index (κ1) is 45.6. The largest absolute Gasteiger partial charge is 0.481 e. The summed E-state index contributed by atoms with van der Waals surface area (Å²) in [5, 5.41) is 33.4. The maximum Gasteiger partial charge on any atom is 0.326 e. The van der Waals surface area contributed by atoms with Crippen molar-refractivity contribution in [3.63, 3.8) is 0 Å². The van der Waals surface area contributed by atoms with Crippen LogP contribution in [0.25, 0.3) is 10.9 Å². The van der Waals surface area contributed by atoms with E-state index in [0.29, 0.717) is 24.1 Å². The number of H-pyrrole nitrogens is 2. The van der Waals surface area contributed by atoms with E-state index in [4.69, 9.17) is 5.73 Å². The molecule has 8 atom stereocenters. The topological polar surface area (TPSA) is 291 Å². The van der Waals surface area contributed by atoms with Crippen LogP contribution in [0.4, 0.5) is 0 Å². The molecule has 312 valence electrons. The van der Waals surface area contributed by atoms with Crippen LogP contribution in [-0.4, -0.2) is 103 Å². The van der Waals surface area contributed by atoms with Crippen molar-refractivity contribution in [1.82, 2.24) is 41.5 Å². The SMILES string of the molecule is CC[C@H](C)[C@H](NC(=O)[C@H](CC(=O)O)NC(=O)[C@H](CC(C)C)NC(=O)[C@@H](N)Cc1cnc[nH]1)C(=O)N[C@H](C(=O)N[C@H](Cc1c[nH]c2ccccc12)C(=O)O)[C@@H](C)CC. The summed E-state index contributed by atoms with van der Waals surface area (Å²) < 4.78 is 0. The number of para-hydroxylation sites is 1. The average Bonchev–Trinajstić information content (AvgIpc) is 3.83. The molecule has 0 radical (unpaired) electrons. The second-order valence-electron chi connectivity index (χ2n) is 14.9. The van der Waals surface area contributed by atoms with Crippen molar-refractivity contribution in [1.29, 1.82) is 0 Å². The van der Waals surface area contributed by atoms with Crippen LogP contribution in [0.1, 0.15) is 78.5 Å². The highest BCUT2D eigenvalue weighted by atomic mass is 16.4. The third kappa shape index (κ3) is 13.4. The lowest BCUT2D eigenvalue weighted by atomic mass is 9.94. The zero-order valence-electron chi connectivity index (χ0n) is 33.3. The van der Waals surface area contributed by atoms with Crippen LogP contribution < -0.4 is 32.3 Å². The molecule has 0 unspecified atom stereocenters. The van der Waals surface area contributed by atoms with E-state index in [0.717, 1.165) is 10.9 Å². The highest BCUT2D eigenvalue weighted by molar-refractivity contribution is 5.97. The molecule has 0 aliphatic rings. The number of hydrogen-bond donors (Lipinski definition) is 10. The molecule has 0 fully saturated rings. The van der Waals surface area contributed by atoms with Crippen molar-refractivity contribution in [3.05, 3.63) is 54.2 Å². The molecular formula is C39H57N9O9. The predicted octanol–water partition coefficient (Wildman–Crippen LogP) is 1.13. The Morgan fingerprint density at radius 3 is 1.84 bits per heavy atom. The molecule has 0 bridgehead atoms. The Hall–Kier alpha value is -5.78. The quantitative estimate of drug-likeness (QED) is 0.0649. The van der Waals surface area contributed by atoms with E-state index in [9.17, 15) is 43.8 Å². The van der Waals surface area contributed by atoms with Gasteiger partial charge in [0.05, 0.1) is 18.8 Å². The zero-order chi connectivity index (χ0) is 42.4. The van der Waals surface area contributed by atoms with Gasteiger partial charge in [-0.1, -0.05) is 72.6 Å². The normalized spacial score (nSPS) is 15.6. The number of benzene rings is 1. The standard InChI is InChI=1S/C39H57N9O9/c1-7-21(5)32(37(54)46-30(39(56)57)14-23-17-42-27-12-10-9-11-25(23)27)48-38(55)33(22(6)8-2)47-36(53)29(16-31(49)50)45-35(52)28(13-20(3)4)44-34(51)26(40)15-24-18-41-19-43-24/h9-12,17-22,26,28-30,32-33,42H,7-8,13-16,40H2,1-6H3,(H,41,43)(H,44,51)(H,45,52)(H,46,54)(H,47,53)(H,48,55)(H,49,50)(H,56,57)/t21-,22-,26-,28-,29-,30+,32-,33-/m0/s1. The summed E-state index contributed by atoms with van der Waals surface area (Å²) in [5.74, 6) is -7.76. The van der Waals surface area contributed by atoms with Gasteiger partial charge < -0.3 is 52.5 Å². The molecule has 0 spiro atoms. The lowest BCUT2D eigenvalue weighted by Gasteiger charge is -2.30. The summed E-state index contributed by atoms with van der Waals surface area (Å²) in [4.78, 5) is 102. The van der Waals surface area contributed by atoms with E-state index in [1.807, 2.05) is 38.1 Å². The van der Waals surface area contributed by atoms with Crippen molar-refractivity contribution < 1.29 is 43.8 Å². The summed E-state index contributed by atoms with van der Waals surface area (Å²) >= 11 is 0. The minimum atomic E-state index is -1.66. The number of carboxylic acid groups (broad SMARTS) is 2.